The number of fused-ring (bicyclic) bond motifs is 1. The van der Waals surface area contributed by atoms with Crippen LogP contribution in [0.2, 0.25) is 0 Å². The van der Waals surface area contributed by atoms with E-state index < -0.39 is 0 Å². The van der Waals surface area contributed by atoms with Crippen molar-refractivity contribution < 1.29 is 0 Å². The topological polar surface area (TPSA) is 42.2 Å². The Balaban J connectivity index is 1.81. The van der Waals surface area contributed by atoms with Crippen LogP contribution in [0.3, 0.4) is 0 Å². The largest absolute Gasteiger partial charge is 0.399 e. The third-order valence-corrected chi connectivity index (χ3v) is 5.45. The lowest BCUT2D eigenvalue weighted by Gasteiger charge is -2.21. The third-order valence-electron chi connectivity index (χ3n) is 4.39. The zero-order valence-corrected chi connectivity index (χ0v) is 16.2. The van der Waals surface area contributed by atoms with E-state index in [0.717, 1.165) is 46.1 Å². The van der Waals surface area contributed by atoms with Crippen molar-refractivity contribution in [2.75, 3.05) is 18.8 Å². The molecule has 3 aromatic rings. The van der Waals surface area contributed by atoms with Gasteiger partial charge >= 0.3 is 0 Å². The Kier molecular flexibility index (Phi) is 5.71. The number of hydrogen-bond donors (Lipinski definition) is 1. The van der Waals surface area contributed by atoms with E-state index in [0.29, 0.717) is 0 Å². The number of nitrogens with zero attached hydrogens (tertiary/aromatic N) is 2. The Bertz CT molecular complexity index is 830. The molecule has 0 aliphatic carbocycles. The Morgan fingerprint density at radius 2 is 1.72 bits per heavy atom. The maximum Gasteiger partial charge on any atom is 0.124 e. The van der Waals surface area contributed by atoms with Crippen LogP contribution in [0.4, 0.5) is 5.69 Å². The minimum Gasteiger partial charge on any atom is -0.399 e. The Morgan fingerprint density at radius 1 is 1.04 bits per heavy atom. The van der Waals surface area contributed by atoms with Gasteiger partial charge in [0.25, 0.3) is 0 Å². The molecule has 132 valence electrons. The van der Waals surface area contributed by atoms with Gasteiger partial charge in [-0.2, -0.15) is 0 Å². The Hall–Kier alpha value is -1.91. The molecule has 0 aliphatic rings. The van der Waals surface area contributed by atoms with Gasteiger partial charge in [0.1, 0.15) is 5.01 Å². The molecule has 0 saturated carbocycles. The summed E-state index contributed by atoms with van der Waals surface area (Å²) in [4.78, 5) is 7.35. The van der Waals surface area contributed by atoms with Gasteiger partial charge in [-0.15, -0.1) is 11.3 Å². The molecular formula is C21H27N3S. The van der Waals surface area contributed by atoms with Gasteiger partial charge in [-0.25, -0.2) is 4.98 Å². The maximum atomic E-state index is 5.96. The zero-order valence-electron chi connectivity index (χ0n) is 15.4. The van der Waals surface area contributed by atoms with Crippen molar-refractivity contribution in [3.05, 3.63) is 47.5 Å². The summed E-state index contributed by atoms with van der Waals surface area (Å²) < 4.78 is 1.16. The molecule has 0 spiro atoms. The van der Waals surface area contributed by atoms with Crippen molar-refractivity contribution in [2.24, 2.45) is 0 Å². The van der Waals surface area contributed by atoms with Crippen LogP contribution in [0.25, 0.3) is 20.8 Å². The normalized spacial score (nSPS) is 11.5. The molecule has 1 heterocycles. The summed E-state index contributed by atoms with van der Waals surface area (Å²) in [6.45, 7) is 9.91. The molecule has 0 amide bonds. The lowest BCUT2D eigenvalue weighted by Crippen LogP contribution is -2.24. The van der Waals surface area contributed by atoms with Gasteiger partial charge in [0, 0.05) is 17.8 Å². The first-order valence-electron chi connectivity index (χ1n) is 9.09. The van der Waals surface area contributed by atoms with Crippen molar-refractivity contribution in [2.45, 2.75) is 40.2 Å². The van der Waals surface area contributed by atoms with Crippen LogP contribution in [-0.4, -0.2) is 23.0 Å². The lowest BCUT2D eigenvalue weighted by atomic mass is 10.1. The molecule has 0 aliphatic heterocycles. The number of nitrogens with two attached hydrogens (primary N) is 1. The molecule has 3 rings (SSSR count). The number of nitrogen functional groups attached to an aromatic ring is 1. The lowest BCUT2D eigenvalue weighted by molar-refractivity contribution is 0.266. The smallest absolute Gasteiger partial charge is 0.124 e. The summed E-state index contributed by atoms with van der Waals surface area (Å²) in [7, 11) is 0. The van der Waals surface area contributed by atoms with Crippen molar-refractivity contribution in [1.29, 1.82) is 0 Å². The molecule has 0 fully saturated rings. The van der Waals surface area contributed by atoms with Gasteiger partial charge in [-0.3, -0.25) is 4.90 Å². The Morgan fingerprint density at radius 3 is 2.36 bits per heavy atom. The monoisotopic (exact) mass is 353 g/mol. The van der Waals surface area contributed by atoms with Gasteiger partial charge in [0.05, 0.1) is 10.2 Å². The molecule has 4 heteroatoms. The summed E-state index contributed by atoms with van der Waals surface area (Å²) in [6.07, 6.45) is 2.40. The van der Waals surface area contributed by atoms with E-state index in [1.165, 1.54) is 24.0 Å². The summed E-state index contributed by atoms with van der Waals surface area (Å²) in [5.74, 6) is 0. The van der Waals surface area contributed by atoms with E-state index >= 15 is 0 Å². The number of aryl methyl sites for hydroxylation is 1. The van der Waals surface area contributed by atoms with E-state index in [9.17, 15) is 0 Å². The zero-order chi connectivity index (χ0) is 17.8. The highest BCUT2D eigenvalue weighted by atomic mass is 32.1. The fourth-order valence-corrected chi connectivity index (χ4v) is 4.36. The number of hydrogen-bond acceptors (Lipinski definition) is 4. The average Bonchev–Trinajstić information content (AvgIpc) is 3.00. The van der Waals surface area contributed by atoms with Crippen molar-refractivity contribution in [1.82, 2.24) is 9.88 Å². The van der Waals surface area contributed by atoms with Crippen LogP contribution in [0.5, 0.6) is 0 Å². The third kappa shape index (κ3) is 4.20. The Labute approximate surface area is 154 Å². The van der Waals surface area contributed by atoms with Crippen LogP contribution >= 0.6 is 11.3 Å². The van der Waals surface area contributed by atoms with Gasteiger partial charge in [0.2, 0.25) is 0 Å². The second-order valence-corrected chi connectivity index (χ2v) is 7.71. The summed E-state index contributed by atoms with van der Waals surface area (Å²) in [5.41, 5.74) is 11.5. The standard InChI is InChI=1S/C21H27N3S/c1-4-10-24(11-5-2)14-16-6-8-17(9-7-16)21-23-20-15(3)12-18(22)13-19(20)25-21/h6-9,12-13H,4-5,10-11,14,22H2,1-3H3. The van der Waals surface area contributed by atoms with Gasteiger partial charge in [-0.1, -0.05) is 38.1 Å². The summed E-state index contributed by atoms with van der Waals surface area (Å²) in [5, 5.41) is 1.06. The van der Waals surface area contributed by atoms with E-state index in [4.69, 9.17) is 10.7 Å². The van der Waals surface area contributed by atoms with Crippen LogP contribution in [0, 0.1) is 6.92 Å². The molecule has 0 atom stereocenters. The second-order valence-electron chi connectivity index (χ2n) is 6.68. The molecule has 0 bridgehead atoms. The number of aromatic nitrogens is 1. The molecule has 0 radical (unpaired) electrons. The van der Waals surface area contributed by atoms with Gasteiger partial charge in [0.15, 0.2) is 0 Å². The minimum atomic E-state index is 0.808. The first-order valence-corrected chi connectivity index (χ1v) is 9.90. The number of thiazole rings is 1. The first kappa shape index (κ1) is 17.9. The predicted octanol–water partition coefficient (Wildman–Crippen LogP) is 5.48. The number of anilines is 1. The summed E-state index contributed by atoms with van der Waals surface area (Å²) >= 11 is 1.71. The fourth-order valence-electron chi connectivity index (χ4n) is 3.26. The molecule has 2 aromatic carbocycles. The molecule has 25 heavy (non-hydrogen) atoms. The van der Waals surface area contributed by atoms with Crippen LogP contribution in [-0.2, 0) is 6.54 Å². The van der Waals surface area contributed by atoms with Crippen LogP contribution in [0.15, 0.2) is 36.4 Å². The van der Waals surface area contributed by atoms with E-state index in [-0.39, 0.29) is 0 Å². The second kappa shape index (κ2) is 7.98. The number of rotatable bonds is 7. The van der Waals surface area contributed by atoms with Crippen molar-refractivity contribution in [3.8, 4) is 10.6 Å². The SMILES string of the molecule is CCCN(CCC)Cc1ccc(-c2nc3c(C)cc(N)cc3s2)cc1. The molecule has 0 saturated heterocycles. The van der Waals surface area contributed by atoms with E-state index in [1.807, 2.05) is 12.1 Å². The quantitative estimate of drug-likeness (QED) is 0.572. The molecule has 1 aromatic heterocycles. The molecule has 0 unspecified atom stereocenters. The van der Waals surface area contributed by atoms with Crippen molar-refractivity contribution >= 4 is 27.2 Å². The van der Waals surface area contributed by atoms with Gasteiger partial charge < -0.3 is 5.73 Å². The highest BCUT2D eigenvalue weighted by Gasteiger charge is 2.10. The minimum absolute atomic E-state index is 0.808. The highest BCUT2D eigenvalue weighted by molar-refractivity contribution is 7.21. The maximum absolute atomic E-state index is 5.96. The molecule has 2 N–H and O–H groups in total. The first-order chi connectivity index (χ1) is 12.1. The highest BCUT2D eigenvalue weighted by Crippen LogP contribution is 2.33. The van der Waals surface area contributed by atoms with E-state index in [2.05, 4.69) is 49.9 Å². The molecule has 3 nitrogen and oxygen atoms in total. The summed E-state index contributed by atoms with van der Waals surface area (Å²) in [6, 6.07) is 12.9. The predicted molar refractivity (Wildman–Crippen MR) is 110 cm³/mol. The van der Waals surface area contributed by atoms with E-state index in [1.54, 1.807) is 11.3 Å². The van der Waals surface area contributed by atoms with Crippen molar-refractivity contribution in [3.63, 3.8) is 0 Å². The van der Waals surface area contributed by atoms with Crippen LogP contribution in [0.1, 0.15) is 37.8 Å². The van der Waals surface area contributed by atoms with Crippen LogP contribution < -0.4 is 5.73 Å². The average molecular weight is 354 g/mol. The fraction of sp³-hybridized carbons (Fsp3) is 0.381. The van der Waals surface area contributed by atoms with Gasteiger partial charge in [-0.05, 0) is 56.1 Å². The molecular weight excluding hydrogens is 326 g/mol. The number of benzene rings is 2.